The Hall–Kier alpha value is -2.53. The van der Waals surface area contributed by atoms with E-state index in [2.05, 4.69) is 21.2 Å². The highest BCUT2D eigenvalue weighted by Crippen LogP contribution is 2.36. The van der Waals surface area contributed by atoms with Crippen molar-refractivity contribution in [1.82, 2.24) is 0 Å². The van der Waals surface area contributed by atoms with E-state index in [0.29, 0.717) is 23.6 Å². The molecule has 0 spiro atoms. The number of hydrogen-bond donors (Lipinski definition) is 1. The summed E-state index contributed by atoms with van der Waals surface area (Å²) in [5.41, 5.74) is 1.17. The number of ether oxygens (including phenoxy) is 2. The molecule has 128 valence electrons. The van der Waals surface area contributed by atoms with Crippen molar-refractivity contribution < 1.29 is 14.3 Å². The van der Waals surface area contributed by atoms with Crippen molar-refractivity contribution in [3.63, 3.8) is 0 Å². The topological polar surface area (TPSA) is 47.6 Å². The summed E-state index contributed by atoms with van der Waals surface area (Å²) < 4.78 is 11.6. The van der Waals surface area contributed by atoms with Gasteiger partial charge in [0.15, 0.2) is 0 Å². The Morgan fingerprint density at radius 2 is 1.84 bits per heavy atom. The molecule has 4 nitrogen and oxygen atoms in total. The van der Waals surface area contributed by atoms with E-state index in [1.165, 1.54) is 0 Å². The van der Waals surface area contributed by atoms with Crippen LogP contribution in [0.4, 0.5) is 5.69 Å². The van der Waals surface area contributed by atoms with Gasteiger partial charge in [-0.1, -0.05) is 24.3 Å². The third-order valence-corrected chi connectivity index (χ3v) is 4.60. The van der Waals surface area contributed by atoms with E-state index in [4.69, 9.17) is 9.47 Å². The Balaban J connectivity index is 1.93. The molecule has 0 fully saturated rings. The number of amides is 1. The van der Waals surface area contributed by atoms with Gasteiger partial charge in [0.05, 0.1) is 23.8 Å². The number of benzene rings is 3. The number of fused-ring (bicyclic) bond motifs is 1. The summed E-state index contributed by atoms with van der Waals surface area (Å²) in [6.45, 7) is 2.54. The molecular formula is C20H18BrNO3. The fourth-order valence-electron chi connectivity index (χ4n) is 2.65. The van der Waals surface area contributed by atoms with Crippen molar-refractivity contribution in [2.24, 2.45) is 0 Å². The average molecular weight is 400 g/mol. The van der Waals surface area contributed by atoms with Crippen LogP contribution >= 0.6 is 15.9 Å². The Morgan fingerprint density at radius 1 is 1.12 bits per heavy atom. The lowest BCUT2D eigenvalue weighted by Crippen LogP contribution is -2.13. The van der Waals surface area contributed by atoms with E-state index in [-0.39, 0.29) is 5.91 Å². The minimum atomic E-state index is -0.229. The number of methoxy groups -OCH3 is 1. The van der Waals surface area contributed by atoms with Crippen LogP contribution in [0.3, 0.4) is 0 Å². The molecule has 0 bridgehead atoms. The number of hydrogen-bond acceptors (Lipinski definition) is 3. The van der Waals surface area contributed by atoms with Gasteiger partial charge in [-0.05, 0) is 64.0 Å². The van der Waals surface area contributed by atoms with Crippen LogP contribution in [0.5, 0.6) is 11.5 Å². The first-order chi connectivity index (χ1) is 12.1. The summed E-state index contributed by atoms with van der Waals surface area (Å²) >= 11 is 3.55. The molecule has 0 saturated heterocycles. The smallest absolute Gasteiger partial charge is 0.259 e. The van der Waals surface area contributed by atoms with Gasteiger partial charge in [-0.2, -0.15) is 0 Å². The summed E-state index contributed by atoms with van der Waals surface area (Å²) in [4.78, 5) is 12.8. The first-order valence-electron chi connectivity index (χ1n) is 7.93. The second kappa shape index (κ2) is 7.57. The Bertz CT molecular complexity index is 907. The lowest BCUT2D eigenvalue weighted by Gasteiger charge is -2.14. The van der Waals surface area contributed by atoms with E-state index < -0.39 is 0 Å². The molecule has 0 saturated carbocycles. The van der Waals surface area contributed by atoms with Crippen LogP contribution in [0, 0.1) is 0 Å². The highest BCUT2D eigenvalue weighted by molar-refractivity contribution is 9.10. The number of anilines is 1. The molecule has 3 aromatic carbocycles. The lowest BCUT2D eigenvalue weighted by molar-refractivity contribution is 0.102. The van der Waals surface area contributed by atoms with Crippen LogP contribution in [0.1, 0.15) is 17.3 Å². The van der Waals surface area contributed by atoms with E-state index >= 15 is 0 Å². The summed E-state index contributed by atoms with van der Waals surface area (Å²) in [6.07, 6.45) is 0. The molecule has 3 aromatic rings. The summed E-state index contributed by atoms with van der Waals surface area (Å²) in [5, 5.41) is 4.86. The molecule has 1 N–H and O–H groups in total. The van der Waals surface area contributed by atoms with Crippen molar-refractivity contribution >= 4 is 38.3 Å². The standard InChI is InChI=1S/C20H18BrNO3/c1-3-25-15-10-8-14(9-11-15)22-20(23)17-12-13-6-4-5-7-16(13)18(21)19(17)24-2/h4-12H,3H2,1-2H3,(H,22,23). The maximum absolute atomic E-state index is 12.8. The molecule has 3 rings (SSSR count). The highest BCUT2D eigenvalue weighted by atomic mass is 79.9. The lowest BCUT2D eigenvalue weighted by atomic mass is 10.1. The first kappa shape index (κ1) is 17.3. The van der Waals surface area contributed by atoms with Gasteiger partial charge in [0, 0.05) is 5.69 Å². The SMILES string of the molecule is CCOc1ccc(NC(=O)c2cc3ccccc3c(Br)c2OC)cc1. The summed E-state index contributed by atoms with van der Waals surface area (Å²) in [5.74, 6) is 1.06. The minimum Gasteiger partial charge on any atom is -0.495 e. The Morgan fingerprint density at radius 3 is 2.52 bits per heavy atom. The quantitative estimate of drug-likeness (QED) is 0.636. The fraction of sp³-hybridized carbons (Fsp3) is 0.150. The van der Waals surface area contributed by atoms with Gasteiger partial charge in [0.2, 0.25) is 0 Å². The number of carbonyl (C=O) groups excluding carboxylic acids is 1. The zero-order chi connectivity index (χ0) is 17.8. The molecule has 0 aromatic heterocycles. The van der Waals surface area contributed by atoms with Crippen LogP contribution in [0.25, 0.3) is 10.8 Å². The molecule has 0 radical (unpaired) electrons. The summed E-state index contributed by atoms with van der Waals surface area (Å²) in [6, 6.07) is 16.9. The van der Waals surface area contributed by atoms with Gasteiger partial charge in [0.25, 0.3) is 5.91 Å². The van der Waals surface area contributed by atoms with Crippen molar-refractivity contribution in [2.75, 3.05) is 19.0 Å². The largest absolute Gasteiger partial charge is 0.495 e. The monoisotopic (exact) mass is 399 g/mol. The molecule has 0 aliphatic carbocycles. The van der Waals surface area contributed by atoms with Crippen molar-refractivity contribution in [3.8, 4) is 11.5 Å². The van der Waals surface area contributed by atoms with Crippen LogP contribution in [-0.2, 0) is 0 Å². The second-order valence-electron chi connectivity index (χ2n) is 5.40. The van der Waals surface area contributed by atoms with Gasteiger partial charge in [-0.25, -0.2) is 0 Å². The van der Waals surface area contributed by atoms with Crippen LogP contribution in [0.15, 0.2) is 59.1 Å². The maximum atomic E-state index is 12.8. The van der Waals surface area contributed by atoms with Gasteiger partial charge in [-0.3, -0.25) is 4.79 Å². The van der Waals surface area contributed by atoms with Crippen molar-refractivity contribution in [2.45, 2.75) is 6.92 Å². The zero-order valence-corrected chi connectivity index (χ0v) is 15.6. The zero-order valence-electron chi connectivity index (χ0n) is 14.0. The Kier molecular flexibility index (Phi) is 5.24. The molecule has 1 amide bonds. The molecule has 25 heavy (non-hydrogen) atoms. The second-order valence-corrected chi connectivity index (χ2v) is 6.20. The van der Waals surface area contributed by atoms with Crippen LogP contribution in [0.2, 0.25) is 0 Å². The van der Waals surface area contributed by atoms with E-state index in [1.54, 1.807) is 7.11 Å². The molecule has 0 unspecified atom stereocenters. The van der Waals surface area contributed by atoms with Gasteiger partial charge in [-0.15, -0.1) is 0 Å². The molecule has 5 heteroatoms. The van der Waals surface area contributed by atoms with Gasteiger partial charge >= 0.3 is 0 Å². The van der Waals surface area contributed by atoms with E-state index in [1.807, 2.05) is 61.5 Å². The van der Waals surface area contributed by atoms with Crippen molar-refractivity contribution in [3.05, 3.63) is 64.6 Å². The summed E-state index contributed by atoms with van der Waals surface area (Å²) in [7, 11) is 1.56. The molecular weight excluding hydrogens is 382 g/mol. The normalized spacial score (nSPS) is 10.5. The predicted octanol–water partition coefficient (Wildman–Crippen LogP) is 5.26. The van der Waals surface area contributed by atoms with Gasteiger partial charge in [0.1, 0.15) is 11.5 Å². The predicted molar refractivity (Wildman–Crippen MR) is 104 cm³/mol. The maximum Gasteiger partial charge on any atom is 0.259 e. The van der Waals surface area contributed by atoms with E-state index in [9.17, 15) is 4.79 Å². The molecule has 0 aliphatic rings. The fourth-order valence-corrected chi connectivity index (χ4v) is 3.39. The number of halogens is 1. The highest BCUT2D eigenvalue weighted by Gasteiger charge is 2.18. The van der Waals surface area contributed by atoms with Crippen molar-refractivity contribution in [1.29, 1.82) is 0 Å². The molecule has 0 atom stereocenters. The van der Waals surface area contributed by atoms with Gasteiger partial charge < -0.3 is 14.8 Å². The van der Waals surface area contributed by atoms with E-state index in [0.717, 1.165) is 21.0 Å². The number of carbonyl (C=O) groups is 1. The third-order valence-electron chi connectivity index (χ3n) is 3.81. The number of rotatable bonds is 5. The van der Waals surface area contributed by atoms with Crippen LogP contribution < -0.4 is 14.8 Å². The third kappa shape index (κ3) is 3.61. The molecule has 0 aliphatic heterocycles. The molecule has 0 heterocycles. The van der Waals surface area contributed by atoms with Crippen LogP contribution in [-0.4, -0.2) is 19.6 Å². The minimum absolute atomic E-state index is 0.229. The number of nitrogens with one attached hydrogen (secondary N) is 1. The average Bonchev–Trinajstić information content (AvgIpc) is 2.63. The first-order valence-corrected chi connectivity index (χ1v) is 8.72. The Labute approximate surface area is 154 Å².